The first-order valence-electron chi connectivity index (χ1n) is 19.2. The van der Waals surface area contributed by atoms with Crippen LogP contribution < -0.4 is 15.8 Å². The van der Waals surface area contributed by atoms with Crippen LogP contribution in [-0.4, -0.2) is 127 Å². The van der Waals surface area contributed by atoms with Crippen molar-refractivity contribution in [2.45, 2.75) is 102 Å². The number of morpholine rings is 1. The molecule has 3 aliphatic heterocycles. The Balaban J connectivity index is 1.23. The molecule has 1 saturated carbocycles. The first-order valence-corrected chi connectivity index (χ1v) is 19.2. The number of benzene rings is 1. The van der Waals surface area contributed by atoms with E-state index in [1.807, 2.05) is 30.4 Å². The van der Waals surface area contributed by atoms with E-state index < -0.39 is 53.8 Å². The molecule has 0 spiro atoms. The summed E-state index contributed by atoms with van der Waals surface area (Å²) in [6.07, 6.45) is 6.45. The maximum absolute atomic E-state index is 14.1. The lowest BCUT2D eigenvalue weighted by Gasteiger charge is -2.40. The zero-order valence-electron chi connectivity index (χ0n) is 32.0. The summed E-state index contributed by atoms with van der Waals surface area (Å²) in [7, 11) is 1.63. The second kappa shape index (κ2) is 18.3. The predicted molar refractivity (Wildman–Crippen MR) is 198 cm³/mol. The number of rotatable bonds is 15. The van der Waals surface area contributed by atoms with Gasteiger partial charge in [-0.3, -0.25) is 24.2 Å². The van der Waals surface area contributed by atoms with Gasteiger partial charge in [-0.15, -0.1) is 0 Å². The molecule has 1 aromatic carbocycles. The number of hydrogen-bond acceptors (Lipinski definition) is 10. The normalized spacial score (nSPS) is 24.8. The summed E-state index contributed by atoms with van der Waals surface area (Å²) in [5, 5.41) is 11.8. The Morgan fingerprint density at radius 1 is 1.06 bits per heavy atom. The minimum Gasteiger partial charge on any atom is -0.497 e. The predicted octanol–water partition coefficient (Wildman–Crippen LogP) is 3.64. The highest BCUT2D eigenvalue weighted by Crippen LogP contribution is 2.40. The number of carboxylic acid groups (broad SMARTS) is 1. The molecule has 15 heteroatoms. The standard InChI is InChI=1S/C39H57N5O10/c1-39(2,3)54-37(49)41-31(11-9-7-5-6-8-10-25-21-30(25)36(47)48)35(46)44-23-28(22-32(44)34(40)45)53-38(50)43-15-14-26-20-27(51-4)12-13-29(26)33(43)24-42-16-18-52-19-17-42/h8,10,12-13,20,25,28,30-33H,5-7,9,11,14-19,21-24H2,1-4H3,(H2,40,45)(H,41,49)(H,47,48)/b10-8-/t25?,28-,30+,31+,32+,33?/m1/s1. The number of carboxylic acids is 1. The Morgan fingerprint density at radius 2 is 1.81 bits per heavy atom. The molecule has 1 aliphatic carbocycles. The highest BCUT2D eigenvalue weighted by molar-refractivity contribution is 5.91. The number of amides is 4. The van der Waals surface area contributed by atoms with E-state index in [4.69, 9.17) is 29.8 Å². The van der Waals surface area contributed by atoms with Crippen molar-refractivity contribution in [1.29, 1.82) is 0 Å². The lowest BCUT2D eigenvalue weighted by atomic mass is 9.92. The number of nitrogens with one attached hydrogen (secondary N) is 1. The lowest BCUT2D eigenvalue weighted by molar-refractivity contribution is -0.139. The van der Waals surface area contributed by atoms with Gasteiger partial charge in [0.2, 0.25) is 11.8 Å². The van der Waals surface area contributed by atoms with Crippen LogP contribution in [0.1, 0.15) is 82.9 Å². The van der Waals surface area contributed by atoms with Gasteiger partial charge in [0.25, 0.3) is 0 Å². The largest absolute Gasteiger partial charge is 0.497 e. The molecule has 298 valence electrons. The fourth-order valence-electron chi connectivity index (χ4n) is 7.54. The van der Waals surface area contributed by atoms with E-state index in [0.717, 1.165) is 49.2 Å². The summed E-state index contributed by atoms with van der Waals surface area (Å²) in [6.45, 7) is 8.86. The number of nitrogens with zero attached hydrogens (tertiary/aromatic N) is 3. The van der Waals surface area contributed by atoms with E-state index >= 15 is 0 Å². The number of nitrogens with two attached hydrogens (primary N) is 1. The Kier molecular flexibility index (Phi) is 13.8. The first kappa shape index (κ1) is 40.8. The SMILES string of the molecule is COc1ccc2c(c1)CCN(C(=O)O[C@@H]1C[C@@H](C(N)=O)N(C(=O)[C@H](CCCCC/C=C\C3C[C@@H]3C(=O)O)NC(=O)OC(C)(C)C)C1)C2CN1CCOCC1. The molecule has 2 saturated heterocycles. The molecule has 4 N–H and O–H groups in total. The number of primary amides is 1. The average molecular weight is 756 g/mol. The number of likely N-dealkylation sites (tertiary alicyclic amines) is 1. The number of unbranched alkanes of at least 4 members (excludes halogenated alkanes) is 3. The van der Waals surface area contributed by atoms with Gasteiger partial charge < -0.3 is 40.0 Å². The molecule has 4 amide bonds. The van der Waals surface area contributed by atoms with Crippen molar-refractivity contribution in [3.8, 4) is 5.75 Å². The second-order valence-corrected chi connectivity index (χ2v) is 15.7. The maximum atomic E-state index is 14.1. The number of methoxy groups -OCH3 is 1. The molecule has 4 aliphatic rings. The Labute approximate surface area is 317 Å². The minimum absolute atomic E-state index is 0.0395. The summed E-state index contributed by atoms with van der Waals surface area (Å²) in [5.74, 6) is -1.42. The van der Waals surface area contributed by atoms with E-state index in [2.05, 4.69) is 10.2 Å². The van der Waals surface area contributed by atoms with Crippen molar-refractivity contribution < 1.29 is 48.0 Å². The first-order chi connectivity index (χ1) is 25.7. The molecule has 0 aromatic heterocycles. The van der Waals surface area contributed by atoms with Gasteiger partial charge in [-0.2, -0.15) is 0 Å². The van der Waals surface area contributed by atoms with Gasteiger partial charge in [0.1, 0.15) is 29.5 Å². The number of aliphatic carboxylic acids is 1. The molecule has 0 radical (unpaired) electrons. The number of carbonyl (C=O) groups is 5. The highest BCUT2D eigenvalue weighted by atomic mass is 16.6. The Morgan fingerprint density at radius 3 is 2.48 bits per heavy atom. The van der Waals surface area contributed by atoms with E-state index in [0.29, 0.717) is 52.0 Å². The number of allylic oxidation sites excluding steroid dienone is 2. The molecule has 54 heavy (non-hydrogen) atoms. The molecule has 1 aromatic rings. The number of hydrogen-bond donors (Lipinski definition) is 3. The fourth-order valence-corrected chi connectivity index (χ4v) is 7.54. The van der Waals surface area contributed by atoms with Crippen molar-refractivity contribution >= 4 is 30.0 Å². The highest BCUT2D eigenvalue weighted by Gasteiger charge is 2.44. The van der Waals surface area contributed by atoms with Crippen molar-refractivity contribution in [3.63, 3.8) is 0 Å². The molecule has 0 bridgehead atoms. The summed E-state index contributed by atoms with van der Waals surface area (Å²) in [6, 6.07) is 3.58. The van der Waals surface area contributed by atoms with Crippen molar-refractivity contribution in [1.82, 2.24) is 20.0 Å². The maximum Gasteiger partial charge on any atom is 0.410 e. The topological polar surface area (TPSA) is 190 Å². The van der Waals surface area contributed by atoms with Gasteiger partial charge in [-0.05, 0) is 82.1 Å². The molecule has 3 heterocycles. The van der Waals surface area contributed by atoms with Crippen molar-refractivity contribution in [2.24, 2.45) is 17.6 Å². The smallest absolute Gasteiger partial charge is 0.410 e. The van der Waals surface area contributed by atoms with Crippen LogP contribution in [0.15, 0.2) is 30.4 Å². The van der Waals surface area contributed by atoms with Gasteiger partial charge in [0, 0.05) is 32.6 Å². The van der Waals surface area contributed by atoms with Gasteiger partial charge >= 0.3 is 18.2 Å². The third-order valence-corrected chi connectivity index (χ3v) is 10.5. The molecule has 2 unspecified atom stereocenters. The number of carbonyl (C=O) groups excluding carboxylic acids is 4. The Hall–Kier alpha value is -4.37. The van der Waals surface area contributed by atoms with Gasteiger partial charge in [0.05, 0.1) is 38.8 Å². The van der Waals surface area contributed by atoms with E-state index in [1.54, 1.807) is 32.8 Å². The van der Waals surface area contributed by atoms with Gasteiger partial charge in [0.15, 0.2) is 0 Å². The van der Waals surface area contributed by atoms with E-state index in [9.17, 15) is 24.0 Å². The van der Waals surface area contributed by atoms with E-state index in [1.165, 1.54) is 4.90 Å². The van der Waals surface area contributed by atoms with Crippen LogP contribution in [0, 0.1) is 11.8 Å². The number of fused-ring (bicyclic) bond motifs is 1. The third kappa shape index (κ3) is 11.1. The quantitative estimate of drug-likeness (QED) is 0.175. The monoisotopic (exact) mass is 755 g/mol. The lowest BCUT2D eigenvalue weighted by Crippen LogP contribution is -2.53. The van der Waals surface area contributed by atoms with Crippen LogP contribution >= 0.6 is 0 Å². The van der Waals surface area contributed by atoms with Gasteiger partial charge in [-0.25, -0.2) is 9.59 Å². The molecule has 15 nitrogen and oxygen atoms in total. The van der Waals surface area contributed by atoms with Crippen molar-refractivity contribution in [3.05, 3.63) is 41.5 Å². The Bertz CT molecular complexity index is 1540. The summed E-state index contributed by atoms with van der Waals surface area (Å²) >= 11 is 0. The summed E-state index contributed by atoms with van der Waals surface area (Å²) < 4.78 is 22.5. The third-order valence-electron chi connectivity index (χ3n) is 10.5. The average Bonchev–Trinajstić information content (AvgIpc) is 3.79. The molecule has 5 rings (SSSR count). The molecular formula is C39H57N5O10. The number of alkyl carbamates (subject to hydrolysis) is 1. The van der Waals surface area contributed by atoms with Crippen LogP contribution in [0.25, 0.3) is 0 Å². The summed E-state index contributed by atoms with van der Waals surface area (Å²) in [5.41, 5.74) is 7.14. The van der Waals surface area contributed by atoms with Crippen LogP contribution in [-0.2, 0) is 35.0 Å². The van der Waals surface area contributed by atoms with Crippen LogP contribution in [0.4, 0.5) is 9.59 Å². The summed E-state index contributed by atoms with van der Waals surface area (Å²) in [4.78, 5) is 70.0. The number of ether oxygens (including phenoxy) is 4. The second-order valence-electron chi connectivity index (χ2n) is 15.7. The molecule has 6 atom stereocenters. The zero-order valence-corrected chi connectivity index (χ0v) is 32.0. The van der Waals surface area contributed by atoms with Crippen LogP contribution in [0.5, 0.6) is 5.75 Å². The van der Waals surface area contributed by atoms with Crippen molar-refractivity contribution in [2.75, 3.05) is 53.0 Å². The fraction of sp³-hybridized carbons (Fsp3) is 0.667. The van der Waals surface area contributed by atoms with Crippen LogP contribution in [0.3, 0.4) is 0 Å². The van der Waals surface area contributed by atoms with Gasteiger partial charge in [-0.1, -0.05) is 31.1 Å². The minimum atomic E-state index is -1.03. The zero-order chi connectivity index (χ0) is 39.0. The molecule has 3 fully saturated rings. The molecular weight excluding hydrogens is 698 g/mol. The van der Waals surface area contributed by atoms with E-state index in [-0.39, 0.29) is 30.8 Å². The van der Waals surface area contributed by atoms with Crippen LogP contribution in [0.2, 0.25) is 0 Å².